The summed E-state index contributed by atoms with van der Waals surface area (Å²) in [6, 6.07) is 7.70. The van der Waals surface area contributed by atoms with Crippen LogP contribution in [0.15, 0.2) is 24.3 Å². The van der Waals surface area contributed by atoms with Gasteiger partial charge in [0, 0.05) is 13.1 Å². The minimum Gasteiger partial charge on any atom is -0.481 e. The SMILES string of the molecule is CC(Oc1ccccc1C(C)C)C(=O)NCCNC(=O)OC(C)(C)C. The molecule has 0 aliphatic heterocycles. The van der Waals surface area contributed by atoms with Crippen LogP contribution < -0.4 is 15.4 Å². The lowest BCUT2D eigenvalue weighted by Crippen LogP contribution is -2.41. The van der Waals surface area contributed by atoms with Gasteiger partial charge >= 0.3 is 6.09 Å². The molecular formula is C19H30N2O4. The van der Waals surface area contributed by atoms with E-state index in [4.69, 9.17) is 9.47 Å². The summed E-state index contributed by atoms with van der Waals surface area (Å²) in [5, 5.41) is 5.33. The Morgan fingerprint density at radius 3 is 2.24 bits per heavy atom. The van der Waals surface area contributed by atoms with E-state index in [9.17, 15) is 9.59 Å². The number of alkyl carbamates (subject to hydrolysis) is 1. The number of ether oxygens (including phenoxy) is 2. The molecule has 25 heavy (non-hydrogen) atoms. The molecule has 2 amide bonds. The van der Waals surface area contributed by atoms with Crippen molar-refractivity contribution in [1.29, 1.82) is 0 Å². The van der Waals surface area contributed by atoms with Gasteiger partial charge in [0.15, 0.2) is 6.10 Å². The van der Waals surface area contributed by atoms with Crippen molar-refractivity contribution in [3.63, 3.8) is 0 Å². The van der Waals surface area contributed by atoms with Crippen molar-refractivity contribution in [2.45, 2.75) is 59.2 Å². The molecule has 0 spiro atoms. The highest BCUT2D eigenvalue weighted by Crippen LogP contribution is 2.26. The molecule has 1 rings (SSSR count). The highest BCUT2D eigenvalue weighted by molar-refractivity contribution is 5.80. The summed E-state index contributed by atoms with van der Waals surface area (Å²) in [5.41, 5.74) is 0.521. The Hall–Kier alpha value is -2.24. The second-order valence-corrected chi connectivity index (χ2v) is 7.17. The topological polar surface area (TPSA) is 76.7 Å². The molecule has 0 aliphatic carbocycles. The fourth-order valence-electron chi connectivity index (χ4n) is 2.12. The molecule has 1 aromatic rings. The third-order valence-corrected chi connectivity index (χ3v) is 3.31. The van der Waals surface area contributed by atoms with Gasteiger partial charge in [-0.1, -0.05) is 32.0 Å². The lowest BCUT2D eigenvalue weighted by Gasteiger charge is -2.20. The highest BCUT2D eigenvalue weighted by Gasteiger charge is 2.18. The number of carbonyl (C=O) groups excluding carboxylic acids is 2. The van der Waals surface area contributed by atoms with E-state index in [-0.39, 0.29) is 12.5 Å². The van der Waals surface area contributed by atoms with Crippen LogP contribution in [0.25, 0.3) is 0 Å². The molecule has 140 valence electrons. The zero-order valence-corrected chi connectivity index (χ0v) is 16.0. The predicted molar refractivity (Wildman–Crippen MR) is 97.9 cm³/mol. The Morgan fingerprint density at radius 2 is 1.64 bits per heavy atom. The van der Waals surface area contributed by atoms with E-state index in [2.05, 4.69) is 24.5 Å². The largest absolute Gasteiger partial charge is 0.481 e. The van der Waals surface area contributed by atoms with Gasteiger partial charge in [0.25, 0.3) is 5.91 Å². The molecule has 0 heterocycles. The molecule has 1 unspecified atom stereocenters. The van der Waals surface area contributed by atoms with Crippen LogP contribution in [-0.4, -0.2) is 36.8 Å². The Kier molecular flexibility index (Phi) is 7.74. The van der Waals surface area contributed by atoms with E-state index in [1.54, 1.807) is 27.7 Å². The third kappa shape index (κ3) is 7.92. The molecule has 0 aromatic heterocycles. The molecule has 0 fully saturated rings. The number of rotatable bonds is 7. The Labute approximate surface area is 150 Å². The average Bonchev–Trinajstić information content (AvgIpc) is 2.49. The molecule has 0 aliphatic rings. The van der Waals surface area contributed by atoms with Crippen molar-refractivity contribution < 1.29 is 19.1 Å². The van der Waals surface area contributed by atoms with E-state index in [0.29, 0.717) is 18.2 Å². The lowest BCUT2D eigenvalue weighted by atomic mass is 10.0. The molecule has 2 N–H and O–H groups in total. The minimum absolute atomic E-state index is 0.232. The standard InChI is InChI=1S/C19H30N2O4/c1-13(2)15-9-7-8-10-16(15)24-14(3)17(22)20-11-12-21-18(23)25-19(4,5)6/h7-10,13-14H,11-12H2,1-6H3,(H,20,22)(H,21,23). The third-order valence-electron chi connectivity index (χ3n) is 3.31. The Bertz CT molecular complexity index is 579. The van der Waals surface area contributed by atoms with Crippen molar-refractivity contribution in [2.24, 2.45) is 0 Å². The van der Waals surface area contributed by atoms with E-state index in [1.807, 2.05) is 24.3 Å². The summed E-state index contributed by atoms with van der Waals surface area (Å²) in [4.78, 5) is 23.6. The quantitative estimate of drug-likeness (QED) is 0.740. The number of nitrogens with one attached hydrogen (secondary N) is 2. The fourth-order valence-corrected chi connectivity index (χ4v) is 2.12. The summed E-state index contributed by atoms with van der Waals surface area (Å²) >= 11 is 0. The summed E-state index contributed by atoms with van der Waals surface area (Å²) in [6.07, 6.45) is -1.13. The molecule has 6 nitrogen and oxygen atoms in total. The first-order chi connectivity index (χ1) is 11.6. The second kappa shape index (κ2) is 9.30. The van der Waals surface area contributed by atoms with Gasteiger partial charge in [0.2, 0.25) is 0 Å². The van der Waals surface area contributed by atoms with Crippen LogP contribution in [0.1, 0.15) is 53.0 Å². The molecule has 1 aromatic carbocycles. The van der Waals surface area contributed by atoms with Crippen molar-refractivity contribution in [2.75, 3.05) is 13.1 Å². The van der Waals surface area contributed by atoms with Crippen LogP contribution >= 0.6 is 0 Å². The number of hydrogen-bond acceptors (Lipinski definition) is 4. The lowest BCUT2D eigenvalue weighted by molar-refractivity contribution is -0.127. The predicted octanol–water partition coefficient (Wildman–Crippen LogP) is 3.22. The Balaban J connectivity index is 2.39. The molecule has 0 radical (unpaired) electrons. The highest BCUT2D eigenvalue weighted by atomic mass is 16.6. The minimum atomic E-state index is -0.624. The van der Waals surface area contributed by atoms with Crippen molar-refractivity contribution in [3.05, 3.63) is 29.8 Å². The van der Waals surface area contributed by atoms with Crippen LogP contribution in [0.5, 0.6) is 5.75 Å². The number of carbonyl (C=O) groups is 2. The first-order valence-electron chi connectivity index (χ1n) is 8.60. The number of amides is 2. The Morgan fingerprint density at radius 1 is 1.04 bits per heavy atom. The van der Waals surface area contributed by atoms with Crippen molar-refractivity contribution in [1.82, 2.24) is 10.6 Å². The average molecular weight is 350 g/mol. The molecular weight excluding hydrogens is 320 g/mol. The fraction of sp³-hybridized carbons (Fsp3) is 0.579. The summed E-state index contributed by atoms with van der Waals surface area (Å²) < 4.78 is 10.9. The number of benzene rings is 1. The van der Waals surface area contributed by atoms with Gasteiger partial charge < -0.3 is 20.1 Å². The van der Waals surface area contributed by atoms with Crippen molar-refractivity contribution >= 4 is 12.0 Å². The normalized spacial score (nSPS) is 12.4. The van der Waals surface area contributed by atoms with Gasteiger partial charge in [0.05, 0.1) is 0 Å². The van der Waals surface area contributed by atoms with Crippen LogP contribution in [0.4, 0.5) is 4.79 Å². The summed E-state index contributed by atoms with van der Waals surface area (Å²) in [5.74, 6) is 0.793. The maximum absolute atomic E-state index is 12.1. The zero-order chi connectivity index (χ0) is 19.0. The zero-order valence-electron chi connectivity index (χ0n) is 16.0. The van der Waals surface area contributed by atoms with E-state index in [1.165, 1.54) is 0 Å². The molecule has 0 saturated carbocycles. The second-order valence-electron chi connectivity index (χ2n) is 7.17. The van der Waals surface area contributed by atoms with Gasteiger partial charge in [-0.3, -0.25) is 4.79 Å². The maximum Gasteiger partial charge on any atom is 0.407 e. The van der Waals surface area contributed by atoms with Crippen LogP contribution in [0.2, 0.25) is 0 Å². The number of para-hydroxylation sites is 1. The van der Waals surface area contributed by atoms with Gasteiger partial charge in [-0.2, -0.15) is 0 Å². The first-order valence-corrected chi connectivity index (χ1v) is 8.60. The molecule has 0 saturated heterocycles. The van der Waals surface area contributed by atoms with Crippen molar-refractivity contribution in [3.8, 4) is 5.75 Å². The molecule has 1 atom stereocenters. The smallest absolute Gasteiger partial charge is 0.407 e. The van der Waals surface area contributed by atoms with E-state index < -0.39 is 17.8 Å². The summed E-state index contributed by atoms with van der Waals surface area (Å²) in [7, 11) is 0. The van der Waals surface area contributed by atoms with Gasteiger partial charge in [-0.15, -0.1) is 0 Å². The molecule has 0 bridgehead atoms. The van der Waals surface area contributed by atoms with Gasteiger partial charge in [-0.25, -0.2) is 4.79 Å². The molecule has 6 heteroatoms. The van der Waals surface area contributed by atoms with Gasteiger partial charge in [-0.05, 0) is 45.2 Å². The van der Waals surface area contributed by atoms with Crippen LogP contribution in [0, 0.1) is 0 Å². The van der Waals surface area contributed by atoms with E-state index in [0.717, 1.165) is 5.56 Å². The first kappa shape index (κ1) is 20.8. The maximum atomic E-state index is 12.1. The van der Waals surface area contributed by atoms with Crippen LogP contribution in [0.3, 0.4) is 0 Å². The summed E-state index contributed by atoms with van der Waals surface area (Å²) in [6.45, 7) is 11.8. The van der Waals surface area contributed by atoms with Crippen LogP contribution in [-0.2, 0) is 9.53 Å². The monoisotopic (exact) mass is 350 g/mol. The number of hydrogen-bond donors (Lipinski definition) is 2. The van der Waals surface area contributed by atoms with E-state index >= 15 is 0 Å². The van der Waals surface area contributed by atoms with Gasteiger partial charge in [0.1, 0.15) is 11.4 Å².